The summed E-state index contributed by atoms with van der Waals surface area (Å²) < 4.78 is 30.6. The minimum Gasteiger partial charge on any atom is -0.466 e. The van der Waals surface area contributed by atoms with Crippen LogP contribution in [0.3, 0.4) is 0 Å². The van der Waals surface area contributed by atoms with Gasteiger partial charge in [0.15, 0.2) is 5.76 Å². The van der Waals surface area contributed by atoms with Gasteiger partial charge in [-0.15, -0.1) is 0 Å². The molecule has 196 valence electrons. The Morgan fingerprint density at radius 2 is 1.47 bits per heavy atom. The lowest BCUT2D eigenvalue weighted by atomic mass is 10.0. The van der Waals surface area contributed by atoms with Crippen molar-refractivity contribution in [2.45, 2.75) is 33.6 Å². The van der Waals surface area contributed by atoms with Crippen LogP contribution in [0.25, 0.3) is 11.3 Å². The van der Waals surface area contributed by atoms with Crippen LogP contribution in [0, 0.1) is 12.7 Å². The number of esters is 1. The van der Waals surface area contributed by atoms with Crippen molar-refractivity contribution >= 4 is 23.4 Å². The minimum absolute atomic E-state index is 0.0431. The first-order valence-corrected chi connectivity index (χ1v) is 12.4. The summed E-state index contributed by atoms with van der Waals surface area (Å²) in [5.74, 6) is -0.487. The monoisotopic (exact) mass is 516 g/mol. The van der Waals surface area contributed by atoms with E-state index in [0.29, 0.717) is 35.7 Å². The maximum absolute atomic E-state index is 14.8. The molecule has 0 bridgehead atoms. The molecule has 8 heteroatoms. The van der Waals surface area contributed by atoms with Gasteiger partial charge in [-0.25, -0.2) is 14.1 Å². The Morgan fingerprint density at radius 1 is 0.868 bits per heavy atom. The standard InChI is InChI=1S/C30H29FN2O5/c1-4-36-27(34)19-23-12-10-21(11-13-23)18-22-14-16-24(17-15-22)29-28(20(3)32-38-29)33(30(35)37-5-2)26-9-7-6-8-25(26)31/h6-17H,4-5,18-19H2,1-3H3. The first-order valence-electron chi connectivity index (χ1n) is 12.4. The first kappa shape index (κ1) is 26.6. The second-order valence-corrected chi connectivity index (χ2v) is 8.60. The molecule has 0 atom stereocenters. The van der Waals surface area contributed by atoms with Crippen LogP contribution < -0.4 is 4.90 Å². The Bertz CT molecular complexity index is 1400. The van der Waals surface area contributed by atoms with Crippen molar-refractivity contribution in [2.24, 2.45) is 0 Å². The maximum atomic E-state index is 14.8. The van der Waals surface area contributed by atoms with Gasteiger partial charge in [0.2, 0.25) is 0 Å². The molecule has 38 heavy (non-hydrogen) atoms. The van der Waals surface area contributed by atoms with E-state index in [1.165, 1.54) is 12.1 Å². The summed E-state index contributed by atoms with van der Waals surface area (Å²) >= 11 is 0. The Balaban J connectivity index is 1.58. The van der Waals surface area contributed by atoms with Crippen molar-refractivity contribution in [3.63, 3.8) is 0 Å². The third-order valence-corrected chi connectivity index (χ3v) is 5.90. The van der Waals surface area contributed by atoms with E-state index in [-0.39, 0.29) is 24.7 Å². The molecule has 0 unspecified atom stereocenters. The second kappa shape index (κ2) is 12.2. The summed E-state index contributed by atoms with van der Waals surface area (Å²) in [5.41, 5.74) is 4.51. The number of anilines is 2. The van der Waals surface area contributed by atoms with Gasteiger partial charge in [0.1, 0.15) is 17.2 Å². The van der Waals surface area contributed by atoms with Crippen LogP contribution in [0.2, 0.25) is 0 Å². The lowest BCUT2D eigenvalue weighted by Gasteiger charge is -2.22. The molecule has 0 spiro atoms. The summed E-state index contributed by atoms with van der Waals surface area (Å²) in [7, 11) is 0. The molecule has 7 nitrogen and oxygen atoms in total. The largest absolute Gasteiger partial charge is 0.466 e. The van der Waals surface area contributed by atoms with Gasteiger partial charge >= 0.3 is 12.1 Å². The Hall–Kier alpha value is -4.46. The highest BCUT2D eigenvalue weighted by Crippen LogP contribution is 2.39. The smallest absolute Gasteiger partial charge is 0.419 e. The number of hydrogen-bond acceptors (Lipinski definition) is 6. The lowest BCUT2D eigenvalue weighted by Crippen LogP contribution is -2.28. The van der Waals surface area contributed by atoms with E-state index in [0.717, 1.165) is 21.6 Å². The van der Waals surface area contributed by atoms with Crippen LogP contribution in [0.5, 0.6) is 0 Å². The summed E-state index contributed by atoms with van der Waals surface area (Å²) in [4.78, 5) is 25.8. The van der Waals surface area contributed by atoms with Gasteiger partial charge in [-0.3, -0.25) is 4.79 Å². The predicted octanol–water partition coefficient (Wildman–Crippen LogP) is 6.78. The second-order valence-electron chi connectivity index (χ2n) is 8.60. The van der Waals surface area contributed by atoms with Crippen LogP contribution in [0.1, 0.15) is 36.2 Å². The van der Waals surface area contributed by atoms with Crippen LogP contribution in [0.4, 0.5) is 20.6 Å². The number of aryl methyl sites for hydroxylation is 1. The zero-order valence-electron chi connectivity index (χ0n) is 21.6. The molecule has 4 rings (SSSR count). The molecule has 0 radical (unpaired) electrons. The van der Waals surface area contributed by atoms with E-state index in [1.54, 1.807) is 32.9 Å². The van der Waals surface area contributed by atoms with Crippen molar-refractivity contribution in [1.82, 2.24) is 5.16 Å². The number of carbonyl (C=O) groups is 2. The van der Waals surface area contributed by atoms with Crippen molar-refractivity contribution < 1.29 is 28.0 Å². The summed E-state index contributed by atoms with van der Waals surface area (Å²) in [6.07, 6.45) is 0.206. The molecule has 0 saturated heterocycles. The van der Waals surface area contributed by atoms with Crippen LogP contribution >= 0.6 is 0 Å². The predicted molar refractivity (Wildman–Crippen MR) is 142 cm³/mol. The number of para-hydroxylation sites is 1. The molecule has 0 aliphatic carbocycles. The lowest BCUT2D eigenvalue weighted by molar-refractivity contribution is -0.142. The molecule has 1 aromatic heterocycles. The van der Waals surface area contributed by atoms with E-state index in [1.807, 2.05) is 48.5 Å². The molecule has 3 aromatic carbocycles. The quantitative estimate of drug-likeness (QED) is 0.228. The minimum atomic E-state index is -0.729. The van der Waals surface area contributed by atoms with Gasteiger partial charge < -0.3 is 14.0 Å². The fraction of sp³-hybridized carbons (Fsp3) is 0.233. The number of hydrogen-bond donors (Lipinski definition) is 0. The number of aromatic nitrogens is 1. The normalized spacial score (nSPS) is 10.7. The van der Waals surface area contributed by atoms with Crippen LogP contribution in [-0.4, -0.2) is 30.4 Å². The average Bonchev–Trinajstić information content (AvgIpc) is 3.28. The van der Waals surface area contributed by atoms with Gasteiger partial charge in [0.05, 0.1) is 25.3 Å². The average molecular weight is 517 g/mol. The molecule has 0 saturated carbocycles. The molecule has 0 N–H and O–H groups in total. The molecule has 4 aromatic rings. The van der Waals surface area contributed by atoms with Crippen LogP contribution in [-0.2, 0) is 27.1 Å². The number of nitrogens with zero attached hydrogens (tertiary/aromatic N) is 2. The Morgan fingerprint density at radius 3 is 2.11 bits per heavy atom. The zero-order valence-corrected chi connectivity index (χ0v) is 21.6. The zero-order chi connectivity index (χ0) is 27.1. The first-order chi connectivity index (χ1) is 18.4. The number of benzene rings is 3. The third kappa shape index (κ3) is 6.08. The van der Waals surface area contributed by atoms with Crippen molar-refractivity contribution in [3.05, 3.63) is 101 Å². The number of ether oxygens (including phenoxy) is 2. The fourth-order valence-electron chi connectivity index (χ4n) is 4.11. The summed E-state index contributed by atoms with van der Waals surface area (Å²) in [5, 5.41) is 4.06. The maximum Gasteiger partial charge on any atom is 0.419 e. The molecule has 1 heterocycles. The molecular formula is C30H29FN2O5. The van der Waals surface area contributed by atoms with Crippen LogP contribution in [0.15, 0.2) is 77.3 Å². The Kier molecular flexibility index (Phi) is 8.53. The number of amides is 1. The van der Waals surface area contributed by atoms with Gasteiger partial charge in [-0.2, -0.15) is 0 Å². The van der Waals surface area contributed by atoms with E-state index >= 15 is 0 Å². The highest BCUT2D eigenvalue weighted by atomic mass is 19.1. The van der Waals surface area contributed by atoms with E-state index in [9.17, 15) is 14.0 Å². The van der Waals surface area contributed by atoms with Crippen molar-refractivity contribution in [2.75, 3.05) is 18.1 Å². The van der Waals surface area contributed by atoms with Gasteiger partial charge in [0.25, 0.3) is 0 Å². The third-order valence-electron chi connectivity index (χ3n) is 5.90. The van der Waals surface area contributed by atoms with Crippen molar-refractivity contribution in [3.8, 4) is 11.3 Å². The topological polar surface area (TPSA) is 81.9 Å². The number of rotatable bonds is 9. The van der Waals surface area contributed by atoms with E-state index < -0.39 is 11.9 Å². The molecule has 0 aliphatic heterocycles. The van der Waals surface area contributed by atoms with Gasteiger partial charge in [-0.1, -0.05) is 65.8 Å². The fourth-order valence-corrected chi connectivity index (χ4v) is 4.11. The van der Waals surface area contributed by atoms with Gasteiger partial charge in [-0.05, 0) is 56.0 Å². The van der Waals surface area contributed by atoms with E-state index in [4.69, 9.17) is 14.0 Å². The molecular weight excluding hydrogens is 487 g/mol. The number of carbonyl (C=O) groups excluding carboxylic acids is 2. The summed E-state index contributed by atoms with van der Waals surface area (Å²) in [6.45, 7) is 5.66. The highest BCUT2D eigenvalue weighted by molar-refractivity contribution is 6.00. The van der Waals surface area contributed by atoms with Crippen molar-refractivity contribution in [1.29, 1.82) is 0 Å². The highest BCUT2D eigenvalue weighted by Gasteiger charge is 2.30. The molecule has 0 fully saturated rings. The summed E-state index contributed by atoms with van der Waals surface area (Å²) in [6, 6.07) is 21.5. The molecule has 1 amide bonds. The molecule has 0 aliphatic rings. The Labute approximate surface area is 220 Å². The van der Waals surface area contributed by atoms with E-state index in [2.05, 4.69) is 5.16 Å². The SMILES string of the molecule is CCOC(=O)Cc1ccc(Cc2ccc(-c3onc(C)c3N(C(=O)OCC)c3ccccc3F)cc2)cc1. The van der Waals surface area contributed by atoms with Gasteiger partial charge in [0, 0.05) is 5.56 Å². The number of halogens is 1.